The van der Waals surface area contributed by atoms with Crippen molar-refractivity contribution in [2.75, 3.05) is 0 Å². The van der Waals surface area contributed by atoms with Gasteiger partial charge < -0.3 is 0 Å². The van der Waals surface area contributed by atoms with Gasteiger partial charge in [0.05, 0.1) is 6.07 Å². The van der Waals surface area contributed by atoms with E-state index >= 15 is 0 Å². The minimum Gasteiger partial charge on any atom is -0.197 e. The molecule has 20 heavy (non-hydrogen) atoms. The van der Waals surface area contributed by atoms with Gasteiger partial charge in [-0.05, 0) is 36.0 Å². The van der Waals surface area contributed by atoms with Crippen LogP contribution in [0.25, 0.3) is 6.08 Å². The van der Waals surface area contributed by atoms with Gasteiger partial charge in [0, 0.05) is 0 Å². The van der Waals surface area contributed by atoms with Crippen molar-refractivity contribution in [2.24, 2.45) is 0 Å². The lowest BCUT2D eigenvalue weighted by molar-refractivity contribution is 0.658. The molecule has 1 saturated carbocycles. The third-order valence-electron chi connectivity index (χ3n) is 4.14. The standard InChI is InChI=1S/C19H17N/c20-15-19(17-10-5-2-6-11-17)13-7-12-18(19)14-16-8-3-1-4-9-16/h1-6,8-11,14H,7,12-13H2/b18-14+. The first kappa shape index (κ1) is 12.7. The summed E-state index contributed by atoms with van der Waals surface area (Å²) < 4.78 is 0. The van der Waals surface area contributed by atoms with Crippen molar-refractivity contribution < 1.29 is 0 Å². The Morgan fingerprint density at radius 2 is 1.60 bits per heavy atom. The largest absolute Gasteiger partial charge is 0.197 e. The third-order valence-corrected chi connectivity index (χ3v) is 4.14. The number of hydrogen-bond acceptors (Lipinski definition) is 1. The van der Waals surface area contributed by atoms with Crippen LogP contribution in [0.15, 0.2) is 66.2 Å². The van der Waals surface area contributed by atoms with Crippen molar-refractivity contribution in [2.45, 2.75) is 24.7 Å². The van der Waals surface area contributed by atoms with Crippen LogP contribution in [0.2, 0.25) is 0 Å². The summed E-state index contributed by atoms with van der Waals surface area (Å²) in [7, 11) is 0. The zero-order chi connectivity index (χ0) is 13.8. The van der Waals surface area contributed by atoms with Crippen LogP contribution in [0.3, 0.4) is 0 Å². The van der Waals surface area contributed by atoms with Gasteiger partial charge in [0.1, 0.15) is 5.41 Å². The Morgan fingerprint density at radius 1 is 0.950 bits per heavy atom. The molecule has 1 nitrogen and oxygen atoms in total. The fourth-order valence-electron chi connectivity index (χ4n) is 3.11. The number of nitriles is 1. The van der Waals surface area contributed by atoms with E-state index in [1.165, 1.54) is 11.1 Å². The highest BCUT2D eigenvalue weighted by Crippen LogP contribution is 2.45. The number of nitrogens with zero attached hydrogens (tertiary/aromatic N) is 1. The molecule has 0 bridgehead atoms. The Kier molecular flexibility index (Phi) is 3.39. The van der Waals surface area contributed by atoms with Crippen molar-refractivity contribution >= 4 is 6.08 Å². The molecular formula is C19H17N. The highest BCUT2D eigenvalue weighted by Gasteiger charge is 2.40. The van der Waals surface area contributed by atoms with Gasteiger partial charge >= 0.3 is 0 Å². The van der Waals surface area contributed by atoms with E-state index in [0.717, 1.165) is 24.8 Å². The average molecular weight is 259 g/mol. The number of allylic oxidation sites excluding steroid dienone is 1. The molecule has 0 heterocycles. The van der Waals surface area contributed by atoms with Crippen LogP contribution < -0.4 is 0 Å². The highest BCUT2D eigenvalue weighted by molar-refractivity contribution is 5.61. The fraction of sp³-hybridized carbons (Fsp3) is 0.211. The number of rotatable bonds is 2. The van der Waals surface area contributed by atoms with Crippen molar-refractivity contribution in [3.05, 3.63) is 77.4 Å². The van der Waals surface area contributed by atoms with E-state index in [2.05, 4.69) is 36.4 Å². The second-order valence-electron chi connectivity index (χ2n) is 5.32. The summed E-state index contributed by atoms with van der Waals surface area (Å²) in [5, 5.41) is 9.83. The summed E-state index contributed by atoms with van der Waals surface area (Å²) in [5.74, 6) is 0. The Hall–Kier alpha value is -2.33. The maximum absolute atomic E-state index is 9.83. The number of benzene rings is 2. The van der Waals surface area contributed by atoms with E-state index in [1.54, 1.807) is 0 Å². The van der Waals surface area contributed by atoms with Crippen molar-refractivity contribution in [3.63, 3.8) is 0 Å². The molecule has 0 aliphatic heterocycles. The third kappa shape index (κ3) is 2.14. The molecule has 1 aliphatic carbocycles. The zero-order valence-corrected chi connectivity index (χ0v) is 11.4. The van der Waals surface area contributed by atoms with Gasteiger partial charge in [-0.3, -0.25) is 0 Å². The first-order chi connectivity index (χ1) is 9.85. The minimum atomic E-state index is -0.433. The molecule has 0 saturated heterocycles. The average Bonchev–Trinajstić information content (AvgIpc) is 2.93. The molecule has 2 aromatic carbocycles. The molecule has 0 N–H and O–H groups in total. The lowest BCUT2D eigenvalue weighted by Crippen LogP contribution is -2.21. The second kappa shape index (κ2) is 5.35. The topological polar surface area (TPSA) is 23.8 Å². The minimum absolute atomic E-state index is 0.433. The van der Waals surface area contributed by atoms with Crippen molar-refractivity contribution in [1.29, 1.82) is 5.26 Å². The second-order valence-corrected chi connectivity index (χ2v) is 5.32. The van der Waals surface area contributed by atoms with E-state index in [4.69, 9.17) is 0 Å². The first-order valence-corrected chi connectivity index (χ1v) is 7.08. The molecule has 1 unspecified atom stereocenters. The van der Waals surface area contributed by atoms with E-state index in [0.29, 0.717) is 0 Å². The number of hydrogen-bond donors (Lipinski definition) is 0. The van der Waals surface area contributed by atoms with Crippen molar-refractivity contribution in [1.82, 2.24) is 0 Å². The molecule has 0 radical (unpaired) electrons. The maximum Gasteiger partial charge on any atom is 0.103 e. The lowest BCUT2D eigenvalue weighted by Gasteiger charge is -2.23. The van der Waals surface area contributed by atoms with E-state index in [1.807, 2.05) is 36.4 Å². The molecule has 0 aromatic heterocycles. The van der Waals surface area contributed by atoms with Gasteiger partial charge in [-0.25, -0.2) is 0 Å². The molecule has 0 spiro atoms. The van der Waals surface area contributed by atoms with Gasteiger partial charge in [-0.1, -0.05) is 66.7 Å². The van der Waals surface area contributed by atoms with Gasteiger partial charge in [-0.15, -0.1) is 0 Å². The van der Waals surface area contributed by atoms with Crippen LogP contribution in [0, 0.1) is 11.3 Å². The fourth-order valence-corrected chi connectivity index (χ4v) is 3.11. The van der Waals surface area contributed by atoms with Gasteiger partial charge in [-0.2, -0.15) is 5.26 Å². The molecular weight excluding hydrogens is 242 g/mol. The molecule has 98 valence electrons. The summed E-state index contributed by atoms with van der Waals surface area (Å²) in [6, 6.07) is 23.1. The van der Waals surface area contributed by atoms with Crippen LogP contribution in [0.5, 0.6) is 0 Å². The Bertz CT molecular complexity index is 649. The summed E-state index contributed by atoms with van der Waals surface area (Å²) in [4.78, 5) is 0. The predicted octanol–water partition coefficient (Wildman–Crippen LogP) is 4.72. The monoisotopic (exact) mass is 259 g/mol. The SMILES string of the molecule is N#CC1(c2ccccc2)CCC/C1=C\c1ccccc1. The van der Waals surface area contributed by atoms with Gasteiger partial charge in [0.25, 0.3) is 0 Å². The molecule has 0 amide bonds. The summed E-state index contributed by atoms with van der Waals surface area (Å²) in [6.45, 7) is 0. The van der Waals surface area contributed by atoms with Crippen molar-refractivity contribution in [3.8, 4) is 6.07 Å². The zero-order valence-electron chi connectivity index (χ0n) is 11.4. The maximum atomic E-state index is 9.83. The molecule has 1 aliphatic rings. The molecule has 1 heteroatoms. The predicted molar refractivity (Wildman–Crippen MR) is 82.0 cm³/mol. The van der Waals surface area contributed by atoms with Gasteiger partial charge in [0.15, 0.2) is 0 Å². The summed E-state index contributed by atoms with van der Waals surface area (Å²) in [5.41, 5.74) is 3.12. The Labute approximate surface area is 120 Å². The van der Waals surface area contributed by atoms with E-state index in [-0.39, 0.29) is 0 Å². The van der Waals surface area contributed by atoms with Crippen LogP contribution in [-0.4, -0.2) is 0 Å². The van der Waals surface area contributed by atoms with Crippen LogP contribution >= 0.6 is 0 Å². The molecule has 1 atom stereocenters. The summed E-state index contributed by atoms with van der Waals surface area (Å²) >= 11 is 0. The normalized spacial score (nSPS) is 23.6. The Morgan fingerprint density at radius 3 is 2.25 bits per heavy atom. The quantitative estimate of drug-likeness (QED) is 0.765. The lowest BCUT2D eigenvalue weighted by atomic mass is 9.76. The first-order valence-electron chi connectivity index (χ1n) is 7.08. The van der Waals surface area contributed by atoms with Crippen LogP contribution in [0.1, 0.15) is 30.4 Å². The van der Waals surface area contributed by atoms with Crippen LogP contribution in [0.4, 0.5) is 0 Å². The molecule has 2 aromatic rings. The van der Waals surface area contributed by atoms with E-state index in [9.17, 15) is 5.26 Å². The highest BCUT2D eigenvalue weighted by atomic mass is 14.4. The van der Waals surface area contributed by atoms with E-state index < -0.39 is 5.41 Å². The smallest absolute Gasteiger partial charge is 0.103 e. The molecule has 3 rings (SSSR count). The summed E-state index contributed by atoms with van der Waals surface area (Å²) in [6.07, 6.45) is 5.22. The molecule has 1 fully saturated rings. The van der Waals surface area contributed by atoms with Crippen LogP contribution in [-0.2, 0) is 5.41 Å². The Balaban J connectivity index is 2.07. The van der Waals surface area contributed by atoms with Gasteiger partial charge in [0.2, 0.25) is 0 Å².